The van der Waals surface area contributed by atoms with Crippen molar-refractivity contribution in [2.45, 2.75) is 17.9 Å². The van der Waals surface area contributed by atoms with Crippen LogP contribution in [0.1, 0.15) is 12.5 Å². The smallest absolute Gasteiger partial charge is 0.232 e. The van der Waals surface area contributed by atoms with Crippen LogP contribution in [0.5, 0.6) is 0 Å². The standard InChI is InChI=1S/C13H20N2OS/c1-11(13(16)15-9-8-14-2)17-10-12-6-4-3-5-7-12/h3-7,11,14H,8-10H2,1-2H3,(H,15,16). The highest BCUT2D eigenvalue weighted by atomic mass is 32.2. The fraction of sp³-hybridized carbons (Fsp3) is 0.462. The average Bonchev–Trinajstić information content (AvgIpc) is 2.37. The molecule has 0 bridgehead atoms. The minimum absolute atomic E-state index is 0.00735. The van der Waals surface area contributed by atoms with Crippen molar-refractivity contribution in [2.24, 2.45) is 0 Å². The third-order valence-corrected chi connectivity index (χ3v) is 3.60. The Hall–Kier alpha value is -1.00. The van der Waals surface area contributed by atoms with Crippen molar-refractivity contribution in [3.63, 3.8) is 0 Å². The van der Waals surface area contributed by atoms with Gasteiger partial charge in [0, 0.05) is 18.8 Å². The lowest BCUT2D eigenvalue weighted by Gasteiger charge is -2.11. The summed E-state index contributed by atoms with van der Waals surface area (Å²) in [5, 5.41) is 5.89. The Labute approximate surface area is 107 Å². The molecule has 0 fully saturated rings. The van der Waals surface area contributed by atoms with Crippen LogP contribution in [0.4, 0.5) is 0 Å². The first-order valence-electron chi connectivity index (χ1n) is 5.82. The number of rotatable bonds is 7. The van der Waals surface area contributed by atoms with Crippen LogP contribution >= 0.6 is 11.8 Å². The molecule has 0 radical (unpaired) electrons. The van der Waals surface area contributed by atoms with Crippen LogP contribution < -0.4 is 10.6 Å². The topological polar surface area (TPSA) is 41.1 Å². The summed E-state index contributed by atoms with van der Waals surface area (Å²) in [5.41, 5.74) is 1.26. The maximum Gasteiger partial charge on any atom is 0.232 e. The van der Waals surface area contributed by atoms with Crippen molar-refractivity contribution < 1.29 is 4.79 Å². The molecule has 0 aromatic heterocycles. The van der Waals surface area contributed by atoms with E-state index in [1.54, 1.807) is 11.8 Å². The summed E-state index contributed by atoms with van der Waals surface area (Å²) in [6, 6.07) is 10.2. The van der Waals surface area contributed by atoms with Gasteiger partial charge in [-0.1, -0.05) is 30.3 Å². The zero-order valence-corrected chi connectivity index (χ0v) is 11.2. The predicted molar refractivity (Wildman–Crippen MR) is 74.1 cm³/mol. The van der Waals surface area contributed by atoms with Crippen LogP contribution in [0.25, 0.3) is 0 Å². The molecule has 1 aromatic carbocycles. The van der Waals surface area contributed by atoms with E-state index in [1.165, 1.54) is 5.56 Å². The number of likely N-dealkylation sites (N-methyl/N-ethyl adjacent to an activating group) is 1. The second-order valence-corrected chi connectivity index (χ2v) is 5.16. The molecule has 2 N–H and O–H groups in total. The summed E-state index contributed by atoms with van der Waals surface area (Å²) in [7, 11) is 1.87. The molecular weight excluding hydrogens is 232 g/mol. The van der Waals surface area contributed by atoms with Gasteiger partial charge in [-0.25, -0.2) is 0 Å². The van der Waals surface area contributed by atoms with Gasteiger partial charge in [0.1, 0.15) is 0 Å². The minimum Gasteiger partial charge on any atom is -0.354 e. The van der Waals surface area contributed by atoms with Crippen molar-refractivity contribution >= 4 is 17.7 Å². The summed E-state index contributed by atoms with van der Waals surface area (Å²) in [6.45, 7) is 3.44. The Kier molecular flexibility index (Phi) is 6.74. The lowest BCUT2D eigenvalue weighted by Crippen LogP contribution is -2.35. The Morgan fingerprint density at radius 2 is 2.00 bits per heavy atom. The van der Waals surface area contributed by atoms with Crippen LogP contribution in [0.3, 0.4) is 0 Å². The van der Waals surface area contributed by atoms with Gasteiger partial charge < -0.3 is 10.6 Å². The monoisotopic (exact) mass is 252 g/mol. The Balaban J connectivity index is 2.24. The molecule has 17 heavy (non-hydrogen) atoms. The molecule has 0 spiro atoms. The zero-order valence-electron chi connectivity index (χ0n) is 10.4. The van der Waals surface area contributed by atoms with Gasteiger partial charge in [-0.2, -0.15) is 0 Å². The average molecular weight is 252 g/mol. The van der Waals surface area contributed by atoms with Gasteiger partial charge in [-0.3, -0.25) is 4.79 Å². The fourth-order valence-corrected chi connectivity index (χ4v) is 2.20. The highest BCUT2D eigenvalue weighted by molar-refractivity contribution is 7.99. The lowest BCUT2D eigenvalue weighted by atomic mass is 10.2. The number of carbonyl (C=O) groups excluding carboxylic acids is 1. The number of hydrogen-bond donors (Lipinski definition) is 2. The van der Waals surface area contributed by atoms with E-state index in [9.17, 15) is 4.79 Å². The van der Waals surface area contributed by atoms with Gasteiger partial charge in [0.25, 0.3) is 0 Å². The van der Waals surface area contributed by atoms with Gasteiger partial charge in [-0.05, 0) is 19.5 Å². The predicted octanol–water partition coefficient (Wildman–Crippen LogP) is 1.64. The number of thioether (sulfide) groups is 1. The van der Waals surface area contributed by atoms with Crippen LogP contribution in [-0.4, -0.2) is 31.3 Å². The van der Waals surface area contributed by atoms with Crippen LogP contribution in [-0.2, 0) is 10.5 Å². The third kappa shape index (κ3) is 5.75. The SMILES string of the molecule is CNCCNC(=O)C(C)SCc1ccccc1. The number of nitrogens with one attached hydrogen (secondary N) is 2. The van der Waals surface area contributed by atoms with Gasteiger partial charge in [0.15, 0.2) is 0 Å². The maximum atomic E-state index is 11.7. The molecule has 4 heteroatoms. The van der Waals surface area contributed by atoms with Gasteiger partial charge in [0.05, 0.1) is 5.25 Å². The second-order valence-electron chi connectivity index (χ2n) is 3.83. The molecule has 94 valence electrons. The van der Waals surface area contributed by atoms with Crippen molar-refractivity contribution in [1.29, 1.82) is 0 Å². The largest absolute Gasteiger partial charge is 0.354 e. The van der Waals surface area contributed by atoms with E-state index < -0.39 is 0 Å². The first-order valence-corrected chi connectivity index (χ1v) is 6.86. The van der Waals surface area contributed by atoms with Crippen LogP contribution in [0.2, 0.25) is 0 Å². The first kappa shape index (κ1) is 14.1. The Morgan fingerprint density at radius 3 is 2.65 bits per heavy atom. The summed E-state index contributed by atoms with van der Waals surface area (Å²) >= 11 is 1.66. The summed E-state index contributed by atoms with van der Waals surface area (Å²) in [5.74, 6) is 0.989. The van der Waals surface area contributed by atoms with E-state index in [1.807, 2.05) is 32.2 Å². The molecule has 1 aromatic rings. The van der Waals surface area contributed by atoms with Gasteiger partial charge in [0.2, 0.25) is 5.91 Å². The molecule has 0 aliphatic rings. The molecule has 1 rings (SSSR count). The molecule has 0 saturated carbocycles. The number of amides is 1. The fourth-order valence-electron chi connectivity index (χ4n) is 1.33. The summed E-state index contributed by atoms with van der Waals surface area (Å²) in [4.78, 5) is 11.7. The van der Waals surface area contributed by atoms with E-state index in [4.69, 9.17) is 0 Å². The van der Waals surface area contributed by atoms with Crippen molar-refractivity contribution in [1.82, 2.24) is 10.6 Å². The summed E-state index contributed by atoms with van der Waals surface area (Å²) < 4.78 is 0. The molecule has 3 nitrogen and oxygen atoms in total. The van der Waals surface area contributed by atoms with Crippen LogP contribution in [0, 0.1) is 0 Å². The lowest BCUT2D eigenvalue weighted by molar-refractivity contribution is -0.120. The van der Waals surface area contributed by atoms with Gasteiger partial charge in [-0.15, -0.1) is 11.8 Å². The van der Waals surface area contributed by atoms with E-state index in [0.717, 1.165) is 12.3 Å². The Morgan fingerprint density at radius 1 is 1.29 bits per heavy atom. The molecular formula is C13H20N2OS. The number of benzene rings is 1. The maximum absolute atomic E-state index is 11.7. The van der Waals surface area contributed by atoms with Crippen molar-refractivity contribution in [3.05, 3.63) is 35.9 Å². The van der Waals surface area contributed by atoms with Gasteiger partial charge >= 0.3 is 0 Å². The first-order chi connectivity index (χ1) is 8.24. The molecule has 1 unspecified atom stereocenters. The minimum atomic E-state index is -0.00735. The highest BCUT2D eigenvalue weighted by Gasteiger charge is 2.12. The van der Waals surface area contributed by atoms with E-state index in [0.29, 0.717) is 6.54 Å². The molecule has 1 amide bonds. The van der Waals surface area contributed by atoms with Crippen molar-refractivity contribution in [3.8, 4) is 0 Å². The third-order valence-electron chi connectivity index (χ3n) is 2.39. The number of hydrogen-bond acceptors (Lipinski definition) is 3. The second kappa shape index (κ2) is 8.14. The van der Waals surface area contributed by atoms with Crippen molar-refractivity contribution in [2.75, 3.05) is 20.1 Å². The highest BCUT2D eigenvalue weighted by Crippen LogP contribution is 2.17. The molecule has 0 aliphatic heterocycles. The van der Waals surface area contributed by atoms with E-state index in [-0.39, 0.29) is 11.2 Å². The molecule has 0 aliphatic carbocycles. The molecule has 0 saturated heterocycles. The zero-order chi connectivity index (χ0) is 12.5. The summed E-state index contributed by atoms with van der Waals surface area (Å²) in [6.07, 6.45) is 0. The normalized spacial score (nSPS) is 12.1. The number of carbonyl (C=O) groups is 1. The quantitative estimate of drug-likeness (QED) is 0.725. The van der Waals surface area contributed by atoms with E-state index in [2.05, 4.69) is 22.8 Å². The molecule has 1 atom stereocenters. The van der Waals surface area contributed by atoms with Crippen LogP contribution in [0.15, 0.2) is 30.3 Å². The Bertz CT molecular complexity index is 329. The van der Waals surface area contributed by atoms with E-state index >= 15 is 0 Å². The molecule has 0 heterocycles.